The lowest BCUT2D eigenvalue weighted by atomic mass is 10.1. The van der Waals surface area contributed by atoms with Gasteiger partial charge in [-0.15, -0.1) is 0 Å². The fourth-order valence-electron chi connectivity index (χ4n) is 3.05. The van der Waals surface area contributed by atoms with Crippen LogP contribution in [0.2, 0.25) is 0 Å². The van der Waals surface area contributed by atoms with Crippen molar-refractivity contribution in [1.29, 1.82) is 0 Å². The summed E-state index contributed by atoms with van der Waals surface area (Å²) in [6.07, 6.45) is -0.557. The van der Waals surface area contributed by atoms with Crippen LogP contribution < -0.4 is 4.74 Å². The van der Waals surface area contributed by atoms with Crippen LogP contribution in [0.25, 0.3) is 0 Å². The molecule has 3 nitrogen and oxygen atoms in total. The van der Waals surface area contributed by atoms with Crippen molar-refractivity contribution in [3.8, 4) is 5.75 Å². The fourth-order valence-corrected chi connectivity index (χ4v) is 3.05. The molecule has 0 unspecified atom stereocenters. The van der Waals surface area contributed by atoms with Gasteiger partial charge in [-0.1, -0.05) is 78.4 Å². The van der Waals surface area contributed by atoms with E-state index in [1.165, 1.54) is 16.7 Å². The zero-order valence-electron chi connectivity index (χ0n) is 15.8. The Hall–Kier alpha value is -2.62. The van der Waals surface area contributed by atoms with Gasteiger partial charge in [-0.05, 0) is 30.2 Å². The second-order valence-corrected chi connectivity index (χ2v) is 6.92. The van der Waals surface area contributed by atoms with E-state index in [9.17, 15) is 5.11 Å². The fraction of sp³-hybridized carbons (Fsp3) is 0.250. The maximum atomic E-state index is 10.5. The minimum Gasteiger partial charge on any atom is -0.491 e. The van der Waals surface area contributed by atoms with Gasteiger partial charge in [0.1, 0.15) is 18.5 Å². The van der Waals surface area contributed by atoms with Gasteiger partial charge < -0.3 is 9.84 Å². The van der Waals surface area contributed by atoms with Crippen molar-refractivity contribution in [2.24, 2.45) is 0 Å². The Balaban J connectivity index is 1.59. The van der Waals surface area contributed by atoms with E-state index in [2.05, 4.69) is 29.2 Å². The van der Waals surface area contributed by atoms with E-state index in [0.29, 0.717) is 6.54 Å². The summed E-state index contributed by atoms with van der Waals surface area (Å²) in [7, 11) is 0. The maximum Gasteiger partial charge on any atom is 0.119 e. The number of aliphatic hydroxyl groups excluding tert-OH is 1. The predicted octanol–water partition coefficient (Wildman–Crippen LogP) is 4.44. The summed E-state index contributed by atoms with van der Waals surface area (Å²) in [6, 6.07) is 28.6. The first kappa shape index (κ1) is 19.2. The molecule has 0 amide bonds. The van der Waals surface area contributed by atoms with Crippen molar-refractivity contribution < 1.29 is 9.84 Å². The molecule has 1 N–H and O–H groups in total. The average Bonchev–Trinajstić information content (AvgIpc) is 2.69. The molecule has 0 aliphatic carbocycles. The first-order valence-electron chi connectivity index (χ1n) is 9.37. The molecule has 0 aromatic heterocycles. The summed E-state index contributed by atoms with van der Waals surface area (Å²) in [5, 5.41) is 10.5. The molecular formula is C24H27NO2. The second-order valence-electron chi connectivity index (χ2n) is 6.92. The van der Waals surface area contributed by atoms with Gasteiger partial charge in [0.05, 0.1) is 0 Å². The highest BCUT2D eigenvalue weighted by Gasteiger charge is 2.14. The summed E-state index contributed by atoms with van der Waals surface area (Å²) in [6.45, 7) is 4.46. The summed E-state index contributed by atoms with van der Waals surface area (Å²) < 4.78 is 5.75. The Morgan fingerprint density at radius 1 is 0.778 bits per heavy atom. The van der Waals surface area contributed by atoms with Crippen molar-refractivity contribution in [3.63, 3.8) is 0 Å². The maximum absolute atomic E-state index is 10.5. The summed E-state index contributed by atoms with van der Waals surface area (Å²) in [5.74, 6) is 0.789. The Morgan fingerprint density at radius 3 is 1.81 bits per heavy atom. The van der Waals surface area contributed by atoms with Gasteiger partial charge in [0.15, 0.2) is 0 Å². The van der Waals surface area contributed by atoms with Crippen LogP contribution in [-0.2, 0) is 13.1 Å². The van der Waals surface area contributed by atoms with Crippen LogP contribution >= 0.6 is 0 Å². The number of ether oxygens (including phenoxy) is 1. The van der Waals surface area contributed by atoms with E-state index in [1.807, 2.05) is 67.6 Å². The summed E-state index contributed by atoms with van der Waals surface area (Å²) in [5.41, 5.74) is 3.67. The zero-order valence-corrected chi connectivity index (χ0v) is 15.8. The molecule has 27 heavy (non-hydrogen) atoms. The van der Waals surface area contributed by atoms with Crippen LogP contribution in [0.4, 0.5) is 0 Å². The number of rotatable bonds is 9. The molecule has 0 spiro atoms. The minimum atomic E-state index is -0.557. The molecule has 0 aliphatic heterocycles. The molecular weight excluding hydrogens is 334 g/mol. The normalized spacial score (nSPS) is 12.1. The predicted molar refractivity (Wildman–Crippen MR) is 110 cm³/mol. The highest BCUT2D eigenvalue weighted by molar-refractivity contribution is 5.26. The van der Waals surface area contributed by atoms with Gasteiger partial charge in [-0.25, -0.2) is 0 Å². The van der Waals surface area contributed by atoms with Gasteiger partial charge in [0.25, 0.3) is 0 Å². The molecule has 0 aliphatic rings. The Bertz CT molecular complexity index is 746. The van der Waals surface area contributed by atoms with Crippen molar-refractivity contribution >= 4 is 0 Å². The number of hydrogen-bond acceptors (Lipinski definition) is 3. The van der Waals surface area contributed by atoms with Crippen LogP contribution in [0, 0.1) is 6.92 Å². The lowest BCUT2D eigenvalue weighted by Gasteiger charge is -2.25. The molecule has 3 heteroatoms. The molecule has 0 saturated heterocycles. The molecule has 0 fully saturated rings. The van der Waals surface area contributed by atoms with Gasteiger partial charge in [-0.2, -0.15) is 0 Å². The number of aryl methyl sites for hydroxylation is 1. The number of aliphatic hydroxyl groups is 1. The number of hydrogen-bond donors (Lipinski definition) is 1. The molecule has 0 heterocycles. The topological polar surface area (TPSA) is 32.7 Å². The zero-order chi connectivity index (χ0) is 18.9. The highest BCUT2D eigenvalue weighted by Crippen LogP contribution is 2.13. The molecule has 0 saturated carbocycles. The van der Waals surface area contributed by atoms with Crippen molar-refractivity contribution in [3.05, 3.63) is 102 Å². The average molecular weight is 361 g/mol. The Kier molecular flexibility index (Phi) is 7.03. The first-order chi connectivity index (χ1) is 13.2. The number of nitrogens with zero attached hydrogens (tertiary/aromatic N) is 1. The molecule has 1 atom stereocenters. The van der Waals surface area contributed by atoms with Crippen LogP contribution in [-0.4, -0.2) is 29.3 Å². The monoisotopic (exact) mass is 361 g/mol. The second kappa shape index (κ2) is 9.91. The lowest BCUT2D eigenvalue weighted by Crippen LogP contribution is -2.35. The third kappa shape index (κ3) is 6.55. The van der Waals surface area contributed by atoms with E-state index in [1.54, 1.807) is 0 Å². The standard InChI is InChI=1S/C24H27NO2/c1-20-12-14-24(15-13-20)27-19-23(26)18-25(16-21-8-4-2-5-9-21)17-22-10-6-3-7-11-22/h2-15,23,26H,16-19H2,1H3/t23-/m1/s1. The van der Waals surface area contributed by atoms with Crippen LogP contribution in [0.15, 0.2) is 84.9 Å². The first-order valence-corrected chi connectivity index (χ1v) is 9.37. The van der Waals surface area contributed by atoms with Crippen molar-refractivity contribution in [1.82, 2.24) is 4.90 Å². The molecule has 3 rings (SSSR count). The quantitative estimate of drug-likeness (QED) is 0.612. The molecule has 3 aromatic carbocycles. The molecule has 3 aromatic rings. The smallest absolute Gasteiger partial charge is 0.119 e. The minimum absolute atomic E-state index is 0.281. The van der Waals surface area contributed by atoms with Gasteiger partial charge >= 0.3 is 0 Å². The van der Waals surface area contributed by atoms with Crippen LogP contribution in [0.1, 0.15) is 16.7 Å². The van der Waals surface area contributed by atoms with Crippen molar-refractivity contribution in [2.45, 2.75) is 26.1 Å². The van der Waals surface area contributed by atoms with E-state index < -0.39 is 6.10 Å². The van der Waals surface area contributed by atoms with Gasteiger partial charge in [-0.3, -0.25) is 4.90 Å². The van der Waals surface area contributed by atoms with E-state index in [4.69, 9.17) is 4.74 Å². The molecule has 0 radical (unpaired) electrons. The largest absolute Gasteiger partial charge is 0.491 e. The lowest BCUT2D eigenvalue weighted by molar-refractivity contribution is 0.0628. The highest BCUT2D eigenvalue weighted by atomic mass is 16.5. The van der Waals surface area contributed by atoms with E-state index >= 15 is 0 Å². The van der Waals surface area contributed by atoms with Crippen molar-refractivity contribution in [2.75, 3.05) is 13.2 Å². The number of benzene rings is 3. The third-order valence-electron chi connectivity index (χ3n) is 4.43. The Morgan fingerprint density at radius 2 is 1.30 bits per heavy atom. The molecule has 0 bridgehead atoms. The molecule has 140 valence electrons. The third-order valence-corrected chi connectivity index (χ3v) is 4.43. The summed E-state index contributed by atoms with van der Waals surface area (Å²) >= 11 is 0. The van der Waals surface area contributed by atoms with Gasteiger partial charge in [0.2, 0.25) is 0 Å². The summed E-state index contributed by atoms with van der Waals surface area (Å²) in [4.78, 5) is 2.26. The van der Waals surface area contributed by atoms with Gasteiger partial charge in [0, 0.05) is 19.6 Å². The van der Waals surface area contributed by atoms with E-state index in [-0.39, 0.29) is 6.61 Å². The Labute approximate surface area is 161 Å². The van der Waals surface area contributed by atoms with Crippen LogP contribution in [0.5, 0.6) is 5.75 Å². The van der Waals surface area contributed by atoms with Crippen LogP contribution in [0.3, 0.4) is 0 Å². The van der Waals surface area contributed by atoms with E-state index in [0.717, 1.165) is 18.8 Å². The SMILES string of the molecule is Cc1ccc(OC[C@H](O)CN(Cc2ccccc2)Cc2ccccc2)cc1.